The van der Waals surface area contributed by atoms with E-state index in [2.05, 4.69) is 150 Å². The maximum atomic E-state index is 7.06. The van der Waals surface area contributed by atoms with Gasteiger partial charge in [0.05, 0.1) is 5.30 Å². The summed E-state index contributed by atoms with van der Waals surface area (Å²) < 4.78 is 26.9. The van der Waals surface area contributed by atoms with Crippen LogP contribution >= 0.6 is 17.4 Å². The van der Waals surface area contributed by atoms with Crippen molar-refractivity contribution in [3.63, 3.8) is 0 Å². The maximum Gasteiger partial charge on any atom is 0.325 e. The van der Waals surface area contributed by atoms with E-state index >= 15 is 0 Å². The molecule has 1 aliphatic carbocycles. The summed E-state index contributed by atoms with van der Waals surface area (Å²) in [5, 5.41) is 1.01. The third kappa shape index (κ3) is 14.1. The lowest BCUT2D eigenvalue weighted by Crippen LogP contribution is -2.19. The van der Waals surface area contributed by atoms with Crippen molar-refractivity contribution in [3.05, 3.63) is 174 Å². The van der Waals surface area contributed by atoms with Crippen LogP contribution in [0.5, 0.6) is 11.5 Å². The van der Waals surface area contributed by atoms with Crippen LogP contribution in [0.3, 0.4) is 0 Å². The Kier molecular flexibility index (Phi) is 18.7. The molecule has 3 aromatic carbocycles. The summed E-state index contributed by atoms with van der Waals surface area (Å²) in [6.45, 7) is 29.7. The average Bonchev–Trinajstić information content (AvgIpc) is 3.17. The number of rotatable bonds is 15. The summed E-state index contributed by atoms with van der Waals surface area (Å²) in [5.74, 6) is 4.10. The topological polar surface area (TPSA) is 36.9 Å². The molecule has 56 heavy (non-hydrogen) atoms. The van der Waals surface area contributed by atoms with E-state index in [-0.39, 0.29) is 31.7 Å². The zero-order valence-electron chi connectivity index (χ0n) is 35.9. The molecule has 4 nitrogen and oxygen atoms in total. The summed E-state index contributed by atoms with van der Waals surface area (Å²) in [5.41, 5.74) is 4.52. The lowest BCUT2D eigenvalue weighted by atomic mass is 9.81. The summed E-state index contributed by atoms with van der Waals surface area (Å²) in [4.78, 5) is 0. The smallest absolute Gasteiger partial charge is 0.325 e. The highest BCUT2D eigenvalue weighted by molar-refractivity contribution is 7.56. The minimum atomic E-state index is -1.51. The molecule has 0 aromatic heterocycles. The molecular weight excluding hydrogens is 726 g/mol. The summed E-state index contributed by atoms with van der Waals surface area (Å²) in [6.07, 6.45) is 19.1. The van der Waals surface area contributed by atoms with Crippen molar-refractivity contribution in [2.75, 3.05) is 0 Å². The van der Waals surface area contributed by atoms with Gasteiger partial charge >= 0.3 is 8.38 Å². The van der Waals surface area contributed by atoms with Crippen molar-refractivity contribution in [1.82, 2.24) is 0 Å². The van der Waals surface area contributed by atoms with Gasteiger partial charge in [0.1, 0.15) is 23.0 Å². The first-order chi connectivity index (χ1) is 26.6. The molecule has 0 bridgehead atoms. The molecule has 0 fully saturated rings. The molecule has 0 heterocycles. The Balaban J connectivity index is 0.00000109. The van der Waals surface area contributed by atoms with E-state index < -0.39 is 8.38 Å². The molecular formula is C50H66O4P2. The van der Waals surface area contributed by atoms with Crippen molar-refractivity contribution in [2.24, 2.45) is 17.8 Å². The number of allylic oxidation sites excluding steroid dienone is 13. The fourth-order valence-corrected chi connectivity index (χ4v) is 8.16. The van der Waals surface area contributed by atoms with Gasteiger partial charge in [0.15, 0.2) is 0 Å². The van der Waals surface area contributed by atoms with E-state index in [0.717, 1.165) is 51.4 Å². The molecule has 1 aliphatic rings. The van der Waals surface area contributed by atoms with Crippen LogP contribution in [-0.4, -0.2) is 0 Å². The van der Waals surface area contributed by atoms with Gasteiger partial charge in [-0.25, -0.2) is 0 Å². The van der Waals surface area contributed by atoms with Gasteiger partial charge in [-0.05, 0) is 85.4 Å². The normalized spacial score (nSPS) is 17.9. The molecule has 0 N–H and O–H groups in total. The highest BCUT2D eigenvalue weighted by Crippen LogP contribution is 2.47. The van der Waals surface area contributed by atoms with Crippen LogP contribution < -0.4 is 14.4 Å². The third-order valence-corrected chi connectivity index (χ3v) is 11.7. The number of benzene rings is 3. The molecule has 4 rings (SSSR count). The minimum Gasteiger partial charge on any atom is -0.444 e. The van der Waals surface area contributed by atoms with E-state index in [1.807, 2.05) is 67.6 Å². The first-order valence-electron chi connectivity index (χ1n) is 19.8. The predicted molar refractivity (Wildman–Crippen MR) is 245 cm³/mol. The van der Waals surface area contributed by atoms with E-state index in [1.165, 1.54) is 5.57 Å². The van der Waals surface area contributed by atoms with Gasteiger partial charge in [0.25, 0.3) is 9.03 Å². The predicted octanol–water partition coefficient (Wildman–Crippen LogP) is 15.2. The van der Waals surface area contributed by atoms with Crippen molar-refractivity contribution in [1.29, 1.82) is 0 Å². The second-order valence-corrected chi connectivity index (χ2v) is 18.2. The number of para-hydroxylation sites is 2. The van der Waals surface area contributed by atoms with Gasteiger partial charge in [-0.3, -0.25) is 0 Å². The van der Waals surface area contributed by atoms with Crippen LogP contribution in [0, 0.1) is 17.8 Å². The van der Waals surface area contributed by atoms with Crippen LogP contribution in [-0.2, 0) is 19.9 Å². The van der Waals surface area contributed by atoms with Crippen LogP contribution in [0.4, 0.5) is 0 Å². The first-order valence-corrected chi connectivity index (χ1v) is 21.8. The highest BCUT2D eigenvalue weighted by atomic mass is 31.2. The molecule has 0 radical (unpaired) electrons. The summed E-state index contributed by atoms with van der Waals surface area (Å²) in [7, 11) is -1.69. The third-order valence-electron chi connectivity index (χ3n) is 9.64. The maximum absolute atomic E-state index is 7.06. The fraction of sp³-hybridized carbons (Fsp3) is 0.360. The number of hydrogen-bond acceptors (Lipinski definition) is 4. The van der Waals surface area contributed by atoms with E-state index in [0.29, 0.717) is 5.92 Å². The quantitative estimate of drug-likeness (QED) is 0.0665. The Morgan fingerprint density at radius 3 is 1.95 bits per heavy atom. The largest absolute Gasteiger partial charge is 0.444 e. The Hall–Kier alpha value is -4.10. The molecule has 0 amide bonds. The number of hydrogen-bond donors (Lipinski definition) is 0. The van der Waals surface area contributed by atoms with Gasteiger partial charge < -0.3 is 18.1 Å². The van der Waals surface area contributed by atoms with E-state index in [9.17, 15) is 0 Å². The summed E-state index contributed by atoms with van der Waals surface area (Å²) in [6, 6.07) is 26.9. The SMILES string of the molecule is C/C=C\CC(C)/C(=C/C1=C(OPOc2ccccc2C(C)(C)C)C(C)C(C)C(C)=C1)OP(Oc1ccccc1C(C)(C)C)c1ccccc1.C=C/C=C\C=C/C. The Labute approximate surface area is 343 Å². The second kappa shape index (κ2) is 22.6. The van der Waals surface area contributed by atoms with Crippen LogP contribution in [0.15, 0.2) is 163 Å². The molecule has 0 spiro atoms. The van der Waals surface area contributed by atoms with Crippen LogP contribution in [0.2, 0.25) is 0 Å². The zero-order chi connectivity index (χ0) is 41.3. The Bertz CT molecular complexity index is 1870. The lowest BCUT2D eigenvalue weighted by Gasteiger charge is -2.30. The van der Waals surface area contributed by atoms with Gasteiger partial charge in [-0.15, -0.1) is 0 Å². The van der Waals surface area contributed by atoms with Crippen molar-refractivity contribution in [3.8, 4) is 11.5 Å². The van der Waals surface area contributed by atoms with Crippen molar-refractivity contribution in [2.45, 2.75) is 100 Å². The van der Waals surface area contributed by atoms with Gasteiger partial charge in [-0.2, -0.15) is 0 Å². The minimum absolute atomic E-state index is 0.0391. The monoisotopic (exact) mass is 792 g/mol. The summed E-state index contributed by atoms with van der Waals surface area (Å²) >= 11 is 0. The zero-order valence-corrected chi connectivity index (χ0v) is 37.8. The van der Waals surface area contributed by atoms with Gasteiger partial charge in [0, 0.05) is 17.4 Å². The fourth-order valence-electron chi connectivity index (χ4n) is 6.03. The molecule has 0 aliphatic heterocycles. The van der Waals surface area contributed by atoms with Crippen LogP contribution in [0.25, 0.3) is 0 Å². The molecule has 300 valence electrons. The van der Waals surface area contributed by atoms with Crippen molar-refractivity contribution < 1.29 is 18.1 Å². The van der Waals surface area contributed by atoms with Gasteiger partial charge in [0.2, 0.25) is 0 Å². The average molecular weight is 793 g/mol. The second-order valence-electron chi connectivity index (χ2n) is 16.2. The lowest BCUT2D eigenvalue weighted by molar-refractivity contribution is 0.316. The molecule has 0 saturated carbocycles. The Morgan fingerprint density at radius 1 is 0.768 bits per heavy atom. The van der Waals surface area contributed by atoms with Crippen molar-refractivity contribution >= 4 is 22.7 Å². The van der Waals surface area contributed by atoms with E-state index in [4.69, 9.17) is 18.1 Å². The highest BCUT2D eigenvalue weighted by Gasteiger charge is 2.30. The van der Waals surface area contributed by atoms with Gasteiger partial charge in [-0.1, -0.05) is 178 Å². The van der Waals surface area contributed by atoms with Crippen LogP contribution in [0.1, 0.15) is 101 Å². The van der Waals surface area contributed by atoms with E-state index in [1.54, 1.807) is 6.08 Å². The molecule has 0 saturated heterocycles. The molecule has 6 heteroatoms. The standard InChI is InChI=1S/C43H56O4P2.C7H10/c1-12-13-21-30(2)40(47-49(35-22-15-14-16-23-35)46-39-27-20-18-25-37(39)43(9,10)11)29-34-28-31(3)32(4)33(5)41(34)45-48-44-38-26-19-17-24-36(38)42(6,7)8;1-3-5-7-6-4-2/h12-20,22-30,32-33,48H,21H2,1-11H3;3-7H,1H2,2H3/b13-12-,40-29-;6-4-,7-5-. The Morgan fingerprint density at radius 2 is 1.36 bits per heavy atom. The molecule has 5 atom stereocenters. The first kappa shape index (κ1) is 46.3. The molecule has 3 aromatic rings. The molecule has 5 unspecified atom stereocenters.